The number of rotatable bonds is 42. The van der Waals surface area contributed by atoms with Gasteiger partial charge in [-0.2, -0.15) is 0 Å². The molecule has 6 heterocycles. The number of allylic oxidation sites excluding steroid dienone is 1. The minimum atomic E-state index is -0.426. The molecule has 76 heavy (non-hydrogen) atoms. The third-order valence-electron chi connectivity index (χ3n) is 16.8. The van der Waals surface area contributed by atoms with E-state index >= 15 is 9.59 Å². The van der Waals surface area contributed by atoms with E-state index in [-0.39, 0.29) is 11.8 Å². The van der Waals surface area contributed by atoms with E-state index in [1.807, 2.05) is 16.7 Å². The summed E-state index contributed by atoms with van der Waals surface area (Å²) in [5.74, 6) is 3.35. The number of thiophene rings is 1. The fourth-order valence-corrected chi connectivity index (χ4v) is 16.1. The average Bonchev–Trinajstić information content (AvgIpc) is 4.32. The molecule has 4 aliphatic heterocycles. The molecular formula is C66H102Br2N2O4S2. The molecule has 2 aromatic heterocycles. The Morgan fingerprint density at radius 2 is 1.09 bits per heavy atom. The van der Waals surface area contributed by atoms with Crippen LogP contribution >= 0.6 is 55.0 Å². The van der Waals surface area contributed by atoms with E-state index in [1.54, 1.807) is 11.3 Å². The van der Waals surface area contributed by atoms with Gasteiger partial charge in [-0.05, 0) is 103 Å². The molecule has 0 bridgehead atoms. The van der Waals surface area contributed by atoms with Crippen LogP contribution in [0.3, 0.4) is 0 Å². The van der Waals surface area contributed by atoms with Gasteiger partial charge >= 0.3 is 0 Å². The van der Waals surface area contributed by atoms with Gasteiger partial charge in [0.15, 0.2) is 5.76 Å². The number of unbranched alkanes of at least 4 members (excludes halogenated alkanes) is 22. The number of halogens is 2. The monoisotopic (exact) mass is 1210 g/mol. The Kier molecular flexibility index (Phi) is 29.1. The summed E-state index contributed by atoms with van der Waals surface area (Å²) in [4.78, 5) is 38.3. The van der Waals surface area contributed by atoms with Crippen LogP contribution in [0, 0.1) is 17.8 Å². The number of carbonyl (C=O) groups excluding carboxylic acids is 2. The fourth-order valence-electron chi connectivity index (χ4n) is 12.2. The first kappa shape index (κ1) is 63.2. The summed E-state index contributed by atoms with van der Waals surface area (Å²) in [5, 5.41) is 0. The topological polar surface area (TPSA) is 63.0 Å². The molecule has 2 amide bonds. The van der Waals surface area contributed by atoms with E-state index in [2.05, 4.69) is 109 Å². The first-order chi connectivity index (χ1) is 37.2. The predicted molar refractivity (Wildman–Crippen MR) is 334 cm³/mol. The number of hydrogen-bond acceptors (Lipinski definition) is 6. The van der Waals surface area contributed by atoms with Gasteiger partial charge < -0.3 is 19.0 Å². The van der Waals surface area contributed by atoms with E-state index in [1.165, 1.54) is 184 Å². The van der Waals surface area contributed by atoms with Crippen molar-refractivity contribution in [2.75, 3.05) is 13.1 Å². The van der Waals surface area contributed by atoms with Crippen molar-refractivity contribution < 1.29 is 18.7 Å². The average molecular weight is 1210 g/mol. The maximum absolute atomic E-state index is 16.0. The molecule has 426 valence electrons. The molecule has 6 nitrogen and oxygen atoms in total. The molecule has 0 saturated carbocycles. The minimum Gasteiger partial charge on any atom is -0.483 e. The molecule has 0 N–H and O–H groups in total. The van der Waals surface area contributed by atoms with Crippen LogP contribution in [-0.2, 0) is 20.7 Å². The first-order valence-electron chi connectivity index (χ1n) is 31.6. The number of hydrogen-bond donors (Lipinski definition) is 0. The van der Waals surface area contributed by atoms with Crippen molar-refractivity contribution in [3.63, 3.8) is 0 Å². The highest BCUT2D eigenvalue weighted by Gasteiger charge is 2.52. The van der Waals surface area contributed by atoms with E-state index in [4.69, 9.17) is 9.15 Å². The van der Waals surface area contributed by atoms with Crippen molar-refractivity contribution in [1.82, 2.24) is 9.80 Å². The number of fused-ring (bicyclic) bond motifs is 1. The molecule has 6 rings (SSSR count). The van der Waals surface area contributed by atoms with Crippen LogP contribution in [0.1, 0.15) is 271 Å². The molecule has 10 heteroatoms. The normalized spacial score (nSPS) is 19.4. The number of carbonyl (C=O) groups is 2. The summed E-state index contributed by atoms with van der Waals surface area (Å²) in [6, 6.07) is 6.41. The second kappa shape index (κ2) is 35.0. The van der Waals surface area contributed by atoms with Crippen molar-refractivity contribution in [3.8, 4) is 10.6 Å². The van der Waals surface area contributed by atoms with Crippen LogP contribution in [0.5, 0.6) is 0 Å². The predicted octanol–water partition coefficient (Wildman–Crippen LogP) is 21.8. The number of furan rings is 1. The van der Waals surface area contributed by atoms with Crippen LogP contribution in [-0.4, -0.2) is 45.0 Å². The quantitative estimate of drug-likeness (QED) is 0.0490. The van der Waals surface area contributed by atoms with Crippen molar-refractivity contribution in [1.29, 1.82) is 0 Å². The molecule has 5 unspecified atom stereocenters. The Bertz CT molecular complexity index is 2190. The van der Waals surface area contributed by atoms with Crippen molar-refractivity contribution >= 4 is 72.5 Å². The largest absolute Gasteiger partial charge is 0.483 e. The molecule has 0 radical (unpaired) electrons. The summed E-state index contributed by atoms with van der Waals surface area (Å²) < 4.78 is 15.6. The Morgan fingerprint density at radius 3 is 1.67 bits per heavy atom. The highest BCUT2D eigenvalue weighted by Crippen LogP contribution is 2.51. The van der Waals surface area contributed by atoms with Gasteiger partial charge in [-0.3, -0.25) is 9.59 Å². The fraction of sp³-hybridized carbons (Fsp3) is 0.727. The van der Waals surface area contributed by atoms with Gasteiger partial charge in [0.05, 0.1) is 29.7 Å². The Hall–Kier alpha value is -2.01. The maximum atomic E-state index is 16.0. The summed E-state index contributed by atoms with van der Waals surface area (Å²) in [7, 11) is 0. The van der Waals surface area contributed by atoms with Crippen molar-refractivity contribution in [3.05, 3.63) is 73.0 Å². The number of ether oxygens (including phenoxy) is 1. The molecule has 0 saturated heterocycles. The Labute approximate surface area is 488 Å². The third-order valence-corrected chi connectivity index (χ3v) is 21.2. The molecule has 5 atom stereocenters. The van der Waals surface area contributed by atoms with Crippen LogP contribution < -0.4 is 0 Å². The molecule has 0 spiro atoms. The standard InChI is InChI=1S/C66H102Br2N2O4S2/c1-7-13-19-25-27-31-37-49(35-29-21-15-9-3)47-69-61(55-43-41-53(73-55)57-45-51(63(67)75-57)39-33-23-17-11-5)59-60(65(69)71)62(56-44-42-54(74-56)58-46-52(64(68)76-58)40-34-24-18-12-6)70(66(59)72)48-50(36-30-22-16-10-4)38-32-28-26-20-14-8-2/h41-43,45-46,49-50,52,56,64H,7-40,44,47-48H2,1-6H3. The lowest BCUT2D eigenvalue weighted by Gasteiger charge is -2.31. The van der Waals surface area contributed by atoms with E-state index < -0.39 is 6.10 Å². The molecular weight excluding hydrogens is 1110 g/mol. The zero-order valence-electron chi connectivity index (χ0n) is 48.5. The van der Waals surface area contributed by atoms with Gasteiger partial charge in [-0.15, -0.1) is 23.1 Å². The van der Waals surface area contributed by atoms with Gasteiger partial charge in [-0.25, -0.2) is 0 Å². The molecule has 2 aromatic rings. The zero-order valence-corrected chi connectivity index (χ0v) is 53.3. The maximum Gasteiger partial charge on any atom is 0.261 e. The Morgan fingerprint density at radius 1 is 0.605 bits per heavy atom. The van der Waals surface area contributed by atoms with Crippen molar-refractivity contribution in [2.24, 2.45) is 17.8 Å². The van der Waals surface area contributed by atoms with Gasteiger partial charge in [0.25, 0.3) is 11.8 Å². The second-order valence-electron chi connectivity index (χ2n) is 23.2. The zero-order chi connectivity index (χ0) is 54.1. The smallest absolute Gasteiger partial charge is 0.261 e. The summed E-state index contributed by atoms with van der Waals surface area (Å²) in [5.41, 5.74) is 3.90. The van der Waals surface area contributed by atoms with Gasteiger partial charge in [-0.1, -0.05) is 237 Å². The second-order valence-corrected chi connectivity index (χ2v) is 28.3. The minimum absolute atomic E-state index is 0.0434. The molecule has 0 aromatic carbocycles. The van der Waals surface area contributed by atoms with E-state index in [0.717, 1.165) is 70.8 Å². The summed E-state index contributed by atoms with van der Waals surface area (Å²) in [6.07, 6.45) is 46.0. The molecule has 0 aliphatic carbocycles. The van der Waals surface area contributed by atoms with Crippen molar-refractivity contribution in [2.45, 2.75) is 277 Å². The lowest BCUT2D eigenvalue weighted by Crippen LogP contribution is -2.38. The number of alkyl halides is 1. The number of aryl methyl sites for hydroxylation is 1. The molecule has 0 fully saturated rings. The summed E-state index contributed by atoms with van der Waals surface area (Å²) in [6.45, 7) is 14.9. The highest BCUT2D eigenvalue weighted by molar-refractivity contribution is 9.11. The van der Waals surface area contributed by atoms with Gasteiger partial charge in [0.2, 0.25) is 0 Å². The number of amides is 2. The third kappa shape index (κ3) is 18.5. The first-order valence-corrected chi connectivity index (χ1v) is 35.0. The Balaban J connectivity index is 1.41. The lowest BCUT2D eigenvalue weighted by atomic mass is 9.93. The van der Waals surface area contributed by atoms with Crippen LogP contribution in [0.25, 0.3) is 16.3 Å². The lowest BCUT2D eigenvalue weighted by molar-refractivity contribution is -0.125. The van der Waals surface area contributed by atoms with Crippen LogP contribution in [0.15, 0.2) is 66.1 Å². The number of nitrogens with zero attached hydrogens (tertiary/aromatic N) is 2. The van der Waals surface area contributed by atoms with Gasteiger partial charge in [0.1, 0.15) is 23.3 Å². The summed E-state index contributed by atoms with van der Waals surface area (Å²) >= 11 is 11.5. The molecule has 4 aliphatic rings. The van der Waals surface area contributed by atoms with E-state index in [9.17, 15) is 0 Å². The number of thioether (sulfide) groups is 1. The van der Waals surface area contributed by atoms with Crippen LogP contribution in [0.4, 0.5) is 0 Å². The van der Waals surface area contributed by atoms with E-state index in [0.29, 0.717) is 64.0 Å². The van der Waals surface area contributed by atoms with Crippen LogP contribution in [0.2, 0.25) is 0 Å². The SMILES string of the molecule is CCCCCCCCC(CCCCCC)CN1C(=O)C2=C(C3CC=C(C4=CC(CCCCCC)C(Br)S4)O3)N(CC(CCCCCC)CCCCCCCC)C(=O)C2=C1c1ccc(-c2cc(CCCCCC)c(Br)s2)o1. The van der Waals surface area contributed by atoms with Gasteiger partial charge in [0, 0.05) is 30.3 Å². The highest BCUT2D eigenvalue weighted by atomic mass is 79.9.